The number of rotatable bonds is 4. The standard InChI is InChI=1S/C25H26Cl2N4O/c26-19-7-8-21(22(27)15-19)24-16-23(28-29-24)17-3-5-18(6-4-17)25(32)31-13-9-20(10-14-31)30-11-1-2-12-30/h3-8,15-16,20H,1-2,9-14H2,(H,28,29). The number of likely N-dealkylation sites (tertiary alicyclic amines) is 2. The third-order valence-corrected chi connectivity index (χ3v) is 7.18. The van der Waals surface area contributed by atoms with Gasteiger partial charge in [-0.2, -0.15) is 5.10 Å². The number of aromatic nitrogens is 2. The first-order valence-electron chi connectivity index (χ1n) is 11.2. The van der Waals surface area contributed by atoms with Crippen LogP contribution >= 0.6 is 23.2 Å². The summed E-state index contributed by atoms with van der Waals surface area (Å²) in [6.07, 6.45) is 4.78. The van der Waals surface area contributed by atoms with Gasteiger partial charge in [0, 0.05) is 40.8 Å². The number of hydrogen-bond donors (Lipinski definition) is 1. The first-order chi connectivity index (χ1) is 15.6. The summed E-state index contributed by atoms with van der Waals surface area (Å²) in [5.41, 5.74) is 4.14. The third-order valence-electron chi connectivity index (χ3n) is 6.64. The molecule has 5 rings (SSSR count). The topological polar surface area (TPSA) is 52.2 Å². The van der Waals surface area contributed by atoms with Gasteiger partial charge in [-0.25, -0.2) is 0 Å². The molecule has 1 amide bonds. The van der Waals surface area contributed by atoms with E-state index in [2.05, 4.69) is 15.1 Å². The molecule has 0 spiro atoms. The van der Waals surface area contributed by atoms with Gasteiger partial charge in [-0.05, 0) is 75.2 Å². The van der Waals surface area contributed by atoms with Crippen molar-refractivity contribution in [2.45, 2.75) is 31.7 Å². The largest absolute Gasteiger partial charge is 0.339 e. The summed E-state index contributed by atoms with van der Waals surface area (Å²) in [6, 6.07) is 15.7. The van der Waals surface area contributed by atoms with Crippen LogP contribution in [-0.4, -0.2) is 58.1 Å². The maximum Gasteiger partial charge on any atom is 0.253 e. The molecule has 7 heteroatoms. The number of amides is 1. The van der Waals surface area contributed by atoms with Crippen molar-refractivity contribution in [1.82, 2.24) is 20.0 Å². The zero-order valence-electron chi connectivity index (χ0n) is 17.9. The molecule has 1 N–H and O–H groups in total. The number of carbonyl (C=O) groups excluding carboxylic acids is 1. The van der Waals surface area contributed by atoms with Gasteiger partial charge in [-0.3, -0.25) is 9.89 Å². The summed E-state index contributed by atoms with van der Waals surface area (Å²) in [7, 11) is 0. The molecule has 32 heavy (non-hydrogen) atoms. The third kappa shape index (κ3) is 4.42. The van der Waals surface area contributed by atoms with E-state index < -0.39 is 0 Å². The maximum atomic E-state index is 13.0. The Morgan fingerprint density at radius 1 is 0.938 bits per heavy atom. The number of nitrogens with zero attached hydrogens (tertiary/aromatic N) is 3. The molecule has 0 unspecified atom stereocenters. The van der Waals surface area contributed by atoms with Crippen molar-refractivity contribution in [2.75, 3.05) is 26.2 Å². The highest BCUT2D eigenvalue weighted by molar-refractivity contribution is 6.36. The van der Waals surface area contributed by atoms with Gasteiger partial charge in [0.2, 0.25) is 0 Å². The van der Waals surface area contributed by atoms with Crippen LogP contribution in [0, 0.1) is 0 Å². The van der Waals surface area contributed by atoms with E-state index in [0.29, 0.717) is 16.1 Å². The lowest BCUT2D eigenvalue weighted by atomic mass is 10.0. The Hall–Kier alpha value is -2.34. The number of halogens is 2. The van der Waals surface area contributed by atoms with Crippen molar-refractivity contribution in [3.63, 3.8) is 0 Å². The minimum atomic E-state index is 0.118. The molecule has 2 fully saturated rings. The van der Waals surface area contributed by atoms with Gasteiger partial charge in [0.1, 0.15) is 0 Å². The van der Waals surface area contributed by atoms with Crippen LogP contribution in [0.15, 0.2) is 48.5 Å². The van der Waals surface area contributed by atoms with Gasteiger partial charge in [-0.1, -0.05) is 35.3 Å². The van der Waals surface area contributed by atoms with Crippen molar-refractivity contribution >= 4 is 29.1 Å². The highest BCUT2D eigenvalue weighted by atomic mass is 35.5. The van der Waals surface area contributed by atoms with E-state index in [9.17, 15) is 4.79 Å². The van der Waals surface area contributed by atoms with Crippen molar-refractivity contribution in [1.29, 1.82) is 0 Å². The van der Waals surface area contributed by atoms with Gasteiger partial charge >= 0.3 is 0 Å². The molecule has 5 nitrogen and oxygen atoms in total. The molecular weight excluding hydrogens is 443 g/mol. The Bertz CT molecular complexity index is 1100. The van der Waals surface area contributed by atoms with Crippen molar-refractivity contribution in [3.8, 4) is 22.5 Å². The summed E-state index contributed by atoms with van der Waals surface area (Å²) >= 11 is 12.3. The number of hydrogen-bond acceptors (Lipinski definition) is 3. The fraction of sp³-hybridized carbons (Fsp3) is 0.360. The van der Waals surface area contributed by atoms with Gasteiger partial charge < -0.3 is 9.80 Å². The number of nitrogens with one attached hydrogen (secondary N) is 1. The van der Waals surface area contributed by atoms with Crippen LogP contribution in [0.3, 0.4) is 0 Å². The Balaban J connectivity index is 1.24. The monoisotopic (exact) mass is 468 g/mol. The quantitative estimate of drug-likeness (QED) is 0.529. The van der Waals surface area contributed by atoms with E-state index in [1.807, 2.05) is 41.3 Å². The van der Waals surface area contributed by atoms with Crippen LogP contribution in [0.5, 0.6) is 0 Å². The Kier molecular flexibility index (Phi) is 6.22. The number of benzene rings is 2. The Morgan fingerprint density at radius 2 is 1.66 bits per heavy atom. The molecule has 3 heterocycles. The summed E-state index contributed by atoms with van der Waals surface area (Å²) in [6.45, 7) is 4.12. The SMILES string of the molecule is O=C(c1ccc(-c2cc(-c3ccc(Cl)cc3Cl)[nH]n2)cc1)N1CCC(N2CCCC2)CC1. The zero-order valence-corrected chi connectivity index (χ0v) is 19.4. The van der Waals surface area contributed by atoms with E-state index >= 15 is 0 Å². The van der Waals surface area contributed by atoms with Gasteiger partial charge in [0.25, 0.3) is 5.91 Å². The van der Waals surface area contributed by atoms with E-state index in [0.717, 1.165) is 54.0 Å². The van der Waals surface area contributed by atoms with E-state index in [-0.39, 0.29) is 5.91 Å². The normalized spacial score (nSPS) is 17.8. The van der Waals surface area contributed by atoms with Crippen LogP contribution in [-0.2, 0) is 0 Å². The fourth-order valence-corrected chi connectivity index (χ4v) is 5.33. The van der Waals surface area contributed by atoms with Crippen LogP contribution in [0.25, 0.3) is 22.5 Å². The highest BCUT2D eigenvalue weighted by Crippen LogP contribution is 2.31. The molecule has 0 aliphatic carbocycles. The second-order valence-electron chi connectivity index (χ2n) is 8.63. The average molecular weight is 469 g/mol. The molecule has 0 atom stereocenters. The predicted octanol–water partition coefficient (Wildman–Crippen LogP) is 5.75. The summed E-state index contributed by atoms with van der Waals surface area (Å²) in [5, 5.41) is 8.63. The number of carbonyl (C=O) groups is 1. The average Bonchev–Trinajstić information content (AvgIpc) is 3.52. The summed E-state index contributed by atoms with van der Waals surface area (Å²) in [4.78, 5) is 17.6. The molecular formula is C25H26Cl2N4O. The first-order valence-corrected chi connectivity index (χ1v) is 12.0. The van der Waals surface area contributed by atoms with E-state index in [4.69, 9.17) is 23.2 Å². The lowest BCUT2D eigenvalue weighted by Crippen LogP contribution is -2.45. The van der Waals surface area contributed by atoms with Gasteiger partial charge in [0.15, 0.2) is 0 Å². The molecule has 2 aliphatic rings. The fourth-order valence-electron chi connectivity index (χ4n) is 4.82. The zero-order chi connectivity index (χ0) is 22.1. The van der Waals surface area contributed by atoms with Crippen molar-refractivity contribution in [3.05, 3.63) is 64.1 Å². The van der Waals surface area contributed by atoms with Gasteiger partial charge in [0.05, 0.1) is 16.4 Å². The van der Waals surface area contributed by atoms with E-state index in [1.54, 1.807) is 12.1 Å². The molecule has 166 valence electrons. The lowest BCUT2D eigenvalue weighted by molar-refractivity contribution is 0.0644. The second kappa shape index (κ2) is 9.26. The van der Waals surface area contributed by atoms with Crippen LogP contribution < -0.4 is 0 Å². The molecule has 2 saturated heterocycles. The van der Waals surface area contributed by atoms with Crippen LogP contribution in [0.1, 0.15) is 36.0 Å². The van der Waals surface area contributed by atoms with E-state index in [1.165, 1.54) is 25.9 Å². The molecule has 3 aromatic rings. The predicted molar refractivity (Wildman–Crippen MR) is 129 cm³/mol. The highest BCUT2D eigenvalue weighted by Gasteiger charge is 2.28. The molecule has 1 aromatic heterocycles. The maximum absolute atomic E-state index is 13.0. The minimum absolute atomic E-state index is 0.118. The molecule has 0 saturated carbocycles. The number of aromatic amines is 1. The second-order valence-corrected chi connectivity index (χ2v) is 9.48. The summed E-state index contributed by atoms with van der Waals surface area (Å²) < 4.78 is 0. The van der Waals surface area contributed by atoms with Crippen molar-refractivity contribution in [2.24, 2.45) is 0 Å². The first kappa shape index (κ1) is 21.5. The summed E-state index contributed by atoms with van der Waals surface area (Å²) in [5.74, 6) is 0.118. The van der Waals surface area contributed by atoms with Crippen molar-refractivity contribution < 1.29 is 4.79 Å². The minimum Gasteiger partial charge on any atom is -0.339 e. The molecule has 2 aromatic carbocycles. The Morgan fingerprint density at radius 3 is 2.34 bits per heavy atom. The van der Waals surface area contributed by atoms with Crippen LogP contribution in [0.2, 0.25) is 10.0 Å². The molecule has 0 bridgehead atoms. The number of piperidine rings is 1. The molecule has 2 aliphatic heterocycles. The smallest absolute Gasteiger partial charge is 0.253 e. The number of H-pyrrole nitrogens is 1. The molecule has 0 radical (unpaired) electrons. The van der Waals surface area contributed by atoms with Crippen LogP contribution in [0.4, 0.5) is 0 Å². The Labute approximate surface area is 198 Å². The van der Waals surface area contributed by atoms with Gasteiger partial charge in [-0.15, -0.1) is 0 Å². The lowest BCUT2D eigenvalue weighted by Gasteiger charge is -2.36.